The van der Waals surface area contributed by atoms with Gasteiger partial charge in [0.1, 0.15) is 11.0 Å². The molecule has 0 spiro atoms. The van der Waals surface area contributed by atoms with Crippen molar-refractivity contribution in [1.29, 1.82) is 0 Å². The zero-order chi connectivity index (χ0) is 21.6. The number of hydrogen-bond acceptors (Lipinski definition) is 3. The molecule has 29 heavy (non-hydrogen) atoms. The fourth-order valence-corrected chi connectivity index (χ4v) is 4.14. The Morgan fingerprint density at radius 2 is 1.72 bits per heavy atom. The quantitative estimate of drug-likeness (QED) is 0.693. The van der Waals surface area contributed by atoms with Gasteiger partial charge in [0, 0.05) is 23.6 Å². The molecule has 0 radical (unpaired) electrons. The fraction of sp³-hybridized carbons (Fsp3) is 0.619. The Labute approximate surface area is 178 Å². The second-order valence-electron chi connectivity index (χ2n) is 9.03. The van der Waals surface area contributed by atoms with E-state index in [4.69, 9.17) is 4.74 Å². The van der Waals surface area contributed by atoms with Crippen LogP contribution in [0, 0.1) is 5.41 Å². The SMILES string of the molecule is CC(C)(C)OC(=O)N1CCC(NC(=O)C2(C)C(c3ccc(Br)cc3)C2(F)F)CC1. The second kappa shape index (κ2) is 7.52. The largest absolute Gasteiger partial charge is 0.444 e. The van der Waals surface area contributed by atoms with Gasteiger partial charge in [0.25, 0.3) is 5.92 Å². The van der Waals surface area contributed by atoms with Crippen LogP contribution in [-0.4, -0.2) is 47.6 Å². The van der Waals surface area contributed by atoms with Gasteiger partial charge in [0.05, 0.1) is 5.92 Å². The van der Waals surface area contributed by atoms with E-state index in [0.29, 0.717) is 31.5 Å². The van der Waals surface area contributed by atoms with Crippen LogP contribution >= 0.6 is 15.9 Å². The highest BCUT2D eigenvalue weighted by atomic mass is 79.9. The summed E-state index contributed by atoms with van der Waals surface area (Å²) in [6.07, 6.45) is 0.629. The molecule has 2 aliphatic rings. The maximum absolute atomic E-state index is 14.6. The summed E-state index contributed by atoms with van der Waals surface area (Å²) in [7, 11) is 0. The number of ether oxygens (including phenoxy) is 1. The van der Waals surface area contributed by atoms with Crippen molar-refractivity contribution >= 4 is 27.9 Å². The van der Waals surface area contributed by atoms with E-state index in [2.05, 4.69) is 21.2 Å². The Hall–Kier alpha value is -1.70. The van der Waals surface area contributed by atoms with Crippen LogP contribution in [0.5, 0.6) is 0 Å². The number of amides is 2. The second-order valence-corrected chi connectivity index (χ2v) is 9.94. The zero-order valence-corrected chi connectivity index (χ0v) is 18.7. The number of piperidine rings is 1. The predicted molar refractivity (Wildman–Crippen MR) is 109 cm³/mol. The summed E-state index contributed by atoms with van der Waals surface area (Å²) in [5.74, 6) is -4.86. The van der Waals surface area contributed by atoms with E-state index in [1.165, 1.54) is 6.92 Å². The third kappa shape index (κ3) is 4.27. The maximum Gasteiger partial charge on any atom is 0.410 e. The number of benzene rings is 1. The monoisotopic (exact) mass is 472 g/mol. The van der Waals surface area contributed by atoms with Gasteiger partial charge in [-0.2, -0.15) is 0 Å². The minimum atomic E-state index is -3.10. The van der Waals surface area contributed by atoms with Crippen molar-refractivity contribution < 1.29 is 23.1 Å². The van der Waals surface area contributed by atoms with Crippen molar-refractivity contribution in [2.24, 2.45) is 5.41 Å². The van der Waals surface area contributed by atoms with Crippen molar-refractivity contribution in [2.75, 3.05) is 13.1 Å². The summed E-state index contributed by atoms with van der Waals surface area (Å²) in [4.78, 5) is 26.5. The summed E-state index contributed by atoms with van der Waals surface area (Å²) >= 11 is 3.29. The molecule has 1 saturated heterocycles. The van der Waals surface area contributed by atoms with Crippen LogP contribution in [0.1, 0.15) is 52.0 Å². The van der Waals surface area contributed by atoms with Crippen LogP contribution in [0.25, 0.3) is 0 Å². The third-order valence-corrected chi connectivity index (χ3v) is 6.23. The molecule has 1 saturated carbocycles. The minimum absolute atomic E-state index is 0.236. The van der Waals surface area contributed by atoms with E-state index in [0.717, 1.165) is 4.47 Å². The first-order valence-electron chi connectivity index (χ1n) is 9.78. The van der Waals surface area contributed by atoms with E-state index in [1.807, 2.05) is 0 Å². The molecule has 2 atom stereocenters. The first-order chi connectivity index (χ1) is 13.4. The van der Waals surface area contributed by atoms with Crippen molar-refractivity contribution in [3.8, 4) is 0 Å². The summed E-state index contributed by atoms with van der Waals surface area (Å²) in [5.41, 5.74) is -1.88. The van der Waals surface area contributed by atoms with Crippen LogP contribution in [0.15, 0.2) is 28.7 Å². The number of rotatable bonds is 3. The van der Waals surface area contributed by atoms with Crippen molar-refractivity contribution in [1.82, 2.24) is 10.2 Å². The zero-order valence-electron chi connectivity index (χ0n) is 17.1. The number of likely N-dealkylation sites (tertiary alicyclic amines) is 1. The van der Waals surface area contributed by atoms with Crippen LogP contribution in [0.2, 0.25) is 0 Å². The van der Waals surface area contributed by atoms with Gasteiger partial charge in [-0.3, -0.25) is 4.79 Å². The Morgan fingerprint density at radius 3 is 2.24 bits per heavy atom. The standard InChI is InChI=1S/C21H27BrF2N2O3/c1-19(2,3)29-18(28)26-11-9-15(10-12-26)25-17(27)20(4)16(21(20,23)24)13-5-7-14(22)8-6-13/h5-8,15-16H,9-12H2,1-4H3,(H,25,27). The Bertz CT molecular complexity index is 786. The number of nitrogens with zero attached hydrogens (tertiary/aromatic N) is 1. The Kier molecular flexibility index (Phi) is 5.71. The summed E-state index contributed by atoms with van der Waals surface area (Å²) in [5, 5.41) is 2.79. The van der Waals surface area contributed by atoms with Gasteiger partial charge in [-0.1, -0.05) is 28.1 Å². The smallest absolute Gasteiger partial charge is 0.410 e. The third-order valence-electron chi connectivity index (χ3n) is 5.71. The van der Waals surface area contributed by atoms with E-state index in [9.17, 15) is 18.4 Å². The first-order valence-corrected chi connectivity index (χ1v) is 10.6. The van der Waals surface area contributed by atoms with Crippen LogP contribution in [0.4, 0.5) is 13.6 Å². The van der Waals surface area contributed by atoms with Gasteiger partial charge < -0.3 is 15.0 Å². The van der Waals surface area contributed by atoms with Gasteiger partial charge in [-0.05, 0) is 58.2 Å². The molecule has 3 rings (SSSR count). The fourth-order valence-electron chi connectivity index (χ4n) is 3.88. The number of hydrogen-bond donors (Lipinski definition) is 1. The lowest BCUT2D eigenvalue weighted by Crippen LogP contribution is -2.49. The summed E-state index contributed by atoms with van der Waals surface area (Å²) in [6.45, 7) is 7.57. The lowest BCUT2D eigenvalue weighted by molar-refractivity contribution is -0.130. The van der Waals surface area contributed by atoms with Gasteiger partial charge >= 0.3 is 6.09 Å². The van der Waals surface area contributed by atoms with Crippen LogP contribution < -0.4 is 5.32 Å². The molecule has 2 amide bonds. The van der Waals surface area contributed by atoms with Gasteiger partial charge in [-0.25, -0.2) is 13.6 Å². The summed E-state index contributed by atoms with van der Waals surface area (Å²) in [6, 6.07) is 6.42. The normalized spacial score (nSPS) is 26.7. The van der Waals surface area contributed by atoms with E-state index in [1.54, 1.807) is 49.9 Å². The molecule has 160 valence electrons. The Balaban J connectivity index is 1.58. The Morgan fingerprint density at radius 1 is 1.17 bits per heavy atom. The average Bonchev–Trinajstić information content (AvgIpc) is 3.08. The molecule has 5 nitrogen and oxygen atoms in total. The molecule has 1 aromatic carbocycles. The van der Waals surface area contributed by atoms with Gasteiger partial charge in [0.15, 0.2) is 0 Å². The number of halogens is 3. The van der Waals surface area contributed by atoms with Crippen molar-refractivity contribution in [3.05, 3.63) is 34.3 Å². The van der Waals surface area contributed by atoms with Gasteiger partial charge in [0.2, 0.25) is 5.91 Å². The molecule has 0 bridgehead atoms. The molecular weight excluding hydrogens is 446 g/mol. The average molecular weight is 473 g/mol. The molecule has 1 N–H and O–H groups in total. The highest BCUT2D eigenvalue weighted by Gasteiger charge is 2.82. The van der Waals surface area contributed by atoms with Crippen molar-refractivity contribution in [3.63, 3.8) is 0 Å². The van der Waals surface area contributed by atoms with Crippen LogP contribution in [0.3, 0.4) is 0 Å². The predicted octanol–water partition coefficient (Wildman–Crippen LogP) is 4.70. The van der Waals surface area contributed by atoms with Gasteiger partial charge in [-0.15, -0.1) is 0 Å². The molecule has 2 fully saturated rings. The summed E-state index contributed by atoms with van der Waals surface area (Å²) < 4.78 is 35.4. The number of nitrogens with one attached hydrogen (secondary N) is 1. The lowest BCUT2D eigenvalue weighted by atomic mass is 9.98. The topological polar surface area (TPSA) is 58.6 Å². The highest BCUT2D eigenvalue weighted by Crippen LogP contribution is 2.71. The molecule has 0 aromatic heterocycles. The number of alkyl halides is 2. The molecule has 2 unspecified atom stereocenters. The maximum atomic E-state index is 14.6. The van der Waals surface area contributed by atoms with Crippen molar-refractivity contribution in [2.45, 2.75) is 64.0 Å². The molecule has 1 heterocycles. The highest BCUT2D eigenvalue weighted by molar-refractivity contribution is 9.10. The lowest BCUT2D eigenvalue weighted by Gasteiger charge is -2.34. The molecule has 1 aliphatic carbocycles. The van der Waals surface area contributed by atoms with E-state index in [-0.39, 0.29) is 6.04 Å². The van der Waals surface area contributed by atoms with E-state index < -0.39 is 34.9 Å². The molecule has 1 aromatic rings. The minimum Gasteiger partial charge on any atom is -0.444 e. The number of carbonyl (C=O) groups excluding carboxylic acids is 2. The first kappa shape index (κ1) is 22.0. The molecule has 1 aliphatic heterocycles. The van der Waals surface area contributed by atoms with Crippen LogP contribution in [-0.2, 0) is 9.53 Å². The number of carbonyl (C=O) groups is 2. The molecule has 8 heteroatoms. The molecular formula is C21H27BrF2N2O3. The van der Waals surface area contributed by atoms with E-state index >= 15 is 0 Å².